The van der Waals surface area contributed by atoms with E-state index in [1.807, 2.05) is 36.4 Å². The Morgan fingerprint density at radius 2 is 1.03 bits per heavy atom. The van der Waals surface area contributed by atoms with E-state index in [1.54, 1.807) is 36.4 Å². The quantitative estimate of drug-likeness (QED) is 0.442. The molecule has 0 amide bonds. The Hall–Kier alpha value is -2.94. The Balaban J connectivity index is 1.94. The predicted molar refractivity (Wildman–Crippen MR) is 118 cm³/mol. The minimum atomic E-state index is -0.258. The molecule has 152 valence electrons. The summed E-state index contributed by atoms with van der Waals surface area (Å²) in [5.74, 6) is 1.62. The van der Waals surface area contributed by atoms with Crippen molar-refractivity contribution in [2.75, 3.05) is 0 Å². The lowest BCUT2D eigenvalue weighted by Gasteiger charge is -2.34. The number of hydrogen-bond acceptors (Lipinski definition) is 3. The number of phenols is 3. The molecular weight excluding hydrogens is 360 g/mol. The summed E-state index contributed by atoms with van der Waals surface area (Å²) in [4.78, 5) is 0. The molecule has 0 aliphatic rings. The normalized spacial score (nSPS) is 12.8. The van der Waals surface area contributed by atoms with Crippen molar-refractivity contribution < 1.29 is 15.3 Å². The summed E-state index contributed by atoms with van der Waals surface area (Å²) in [6.07, 6.45) is 1.88. The van der Waals surface area contributed by atoms with Crippen molar-refractivity contribution >= 4 is 0 Å². The maximum atomic E-state index is 9.74. The van der Waals surface area contributed by atoms with E-state index in [2.05, 4.69) is 20.8 Å². The van der Waals surface area contributed by atoms with Gasteiger partial charge in [0.2, 0.25) is 0 Å². The molecule has 0 radical (unpaired) electrons. The predicted octanol–water partition coefficient (Wildman–Crippen LogP) is 6.33. The van der Waals surface area contributed by atoms with Gasteiger partial charge in [-0.2, -0.15) is 0 Å². The molecule has 0 heterocycles. The van der Waals surface area contributed by atoms with Gasteiger partial charge >= 0.3 is 0 Å². The van der Waals surface area contributed by atoms with Crippen LogP contribution >= 0.6 is 0 Å². The van der Waals surface area contributed by atoms with Crippen molar-refractivity contribution in [2.45, 2.75) is 44.9 Å². The second-order valence-electron chi connectivity index (χ2n) is 8.41. The molecule has 0 saturated heterocycles. The van der Waals surface area contributed by atoms with Crippen LogP contribution in [0.1, 0.15) is 56.2 Å². The first-order valence-corrected chi connectivity index (χ1v) is 10.2. The lowest BCUT2D eigenvalue weighted by molar-refractivity contribution is 0.399. The van der Waals surface area contributed by atoms with Crippen LogP contribution in [0.25, 0.3) is 0 Å². The van der Waals surface area contributed by atoms with Gasteiger partial charge in [0, 0.05) is 5.41 Å². The molecule has 0 saturated carbocycles. The molecule has 3 heteroatoms. The Morgan fingerprint density at radius 1 is 0.655 bits per heavy atom. The Morgan fingerprint density at radius 3 is 1.41 bits per heavy atom. The van der Waals surface area contributed by atoms with Gasteiger partial charge in [-0.25, -0.2) is 0 Å². The van der Waals surface area contributed by atoms with Crippen molar-refractivity contribution in [2.24, 2.45) is 5.92 Å². The molecule has 1 unspecified atom stereocenters. The summed E-state index contributed by atoms with van der Waals surface area (Å²) in [6.45, 7) is 6.69. The molecule has 0 aromatic heterocycles. The van der Waals surface area contributed by atoms with Crippen molar-refractivity contribution in [3.05, 3.63) is 89.5 Å². The number of rotatable bonds is 7. The molecule has 0 aliphatic heterocycles. The minimum Gasteiger partial charge on any atom is -0.508 e. The third-order valence-electron chi connectivity index (χ3n) is 6.09. The van der Waals surface area contributed by atoms with Crippen LogP contribution in [0.4, 0.5) is 0 Å². The standard InChI is InChI=1S/C26H30O3/c1-18(2)25(19-4-10-22(27)11-5-19)16-17-26(3,20-6-12-23(28)13-7-20)21-8-14-24(29)15-9-21/h4-15,18,25,27-29H,16-17H2,1-3H3. The van der Waals surface area contributed by atoms with Crippen LogP contribution in [0.2, 0.25) is 0 Å². The van der Waals surface area contributed by atoms with Crippen molar-refractivity contribution in [1.29, 1.82) is 0 Å². The third-order valence-corrected chi connectivity index (χ3v) is 6.09. The number of aromatic hydroxyl groups is 3. The molecule has 29 heavy (non-hydrogen) atoms. The average Bonchev–Trinajstić information content (AvgIpc) is 2.70. The first-order chi connectivity index (χ1) is 13.8. The van der Waals surface area contributed by atoms with E-state index in [4.69, 9.17) is 0 Å². The maximum absolute atomic E-state index is 9.74. The van der Waals surface area contributed by atoms with E-state index < -0.39 is 0 Å². The zero-order valence-electron chi connectivity index (χ0n) is 17.3. The second-order valence-corrected chi connectivity index (χ2v) is 8.41. The lowest BCUT2D eigenvalue weighted by Crippen LogP contribution is -2.25. The fourth-order valence-corrected chi connectivity index (χ4v) is 4.16. The van der Waals surface area contributed by atoms with Gasteiger partial charge in [0.25, 0.3) is 0 Å². The zero-order chi connectivity index (χ0) is 21.0. The second kappa shape index (κ2) is 8.60. The highest BCUT2D eigenvalue weighted by Crippen LogP contribution is 2.41. The highest BCUT2D eigenvalue weighted by atomic mass is 16.3. The molecule has 3 N–H and O–H groups in total. The topological polar surface area (TPSA) is 60.7 Å². The van der Waals surface area contributed by atoms with E-state index in [9.17, 15) is 15.3 Å². The summed E-state index contributed by atoms with van der Waals surface area (Å²) in [5, 5.41) is 29.1. The Kier molecular flexibility index (Phi) is 6.17. The third kappa shape index (κ3) is 4.73. The smallest absolute Gasteiger partial charge is 0.115 e. The fraction of sp³-hybridized carbons (Fsp3) is 0.308. The summed E-state index contributed by atoms with van der Waals surface area (Å²) in [7, 11) is 0. The number of hydrogen-bond donors (Lipinski definition) is 3. The molecule has 1 atom stereocenters. The highest BCUT2D eigenvalue weighted by molar-refractivity contribution is 5.42. The molecule has 0 fully saturated rings. The molecule has 3 rings (SSSR count). The summed E-state index contributed by atoms with van der Waals surface area (Å²) in [5.41, 5.74) is 3.24. The number of benzene rings is 3. The highest BCUT2D eigenvalue weighted by Gasteiger charge is 2.31. The van der Waals surface area contributed by atoms with Crippen molar-refractivity contribution in [1.82, 2.24) is 0 Å². The molecule has 0 aliphatic carbocycles. The molecule has 3 aromatic carbocycles. The first-order valence-electron chi connectivity index (χ1n) is 10.2. The van der Waals surface area contributed by atoms with Crippen LogP contribution < -0.4 is 0 Å². The van der Waals surface area contributed by atoms with Gasteiger partial charge in [-0.1, -0.05) is 57.2 Å². The minimum absolute atomic E-state index is 0.256. The van der Waals surface area contributed by atoms with E-state index in [-0.39, 0.29) is 22.7 Å². The largest absolute Gasteiger partial charge is 0.508 e. The molecule has 3 aromatic rings. The van der Waals surface area contributed by atoms with Crippen LogP contribution in [-0.4, -0.2) is 15.3 Å². The molecule has 0 spiro atoms. The van der Waals surface area contributed by atoms with Crippen LogP contribution in [0.5, 0.6) is 17.2 Å². The van der Waals surface area contributed by atoms with Gasteiger partial charge in [-0.15, -0.1) is 0 Å². The van der Waals surface area contributed by atoms with Crippen molar-refractivity contribution in [3.63, 3.8) is 0 Å². The summed E-state index contributed by atoms with van der Waals surface area (Å²) >= 11 is 0. The maximum Gasteiger partial charge on any atom is 0.115 e. The van der Waals surface area contributed by atoms with E-state index >= 15 is 0 Å². The number of phenolic OH excluding ortho intramolecular Hbond substituents is 3. The van der Waals surface area contributed by atoms with Gasteiger partial charge in [0.1, 0.15) is 17.2 Å². The van der Waals surface area contributed by atoms with Gasteiger partial charge in [0.05, 0.1) is 0 Å². The van der Waals surface area contributed by atoms with Gasteiger partial charge in [-0.3, -0.25) is 0 Å². The average molecular weight is 391 g/mol. The molecule has 0 bridgehead atoms. The van der Waals surface area contributed by atoms with E-state index in [0.29, 0.717) is 11.8 Å². The molecule has 3 nitrogen and oxygen atoms in total. The van der Waals surface area contributed by atoms with Gasteiger partial charge < -0.3 is 15.3 Å². The Labute approximate surface area is 173 Å². The molecular formula is C26H30O3. The van der Waals surface area contributed by atoms with E-state index in [1.165, 1.54) is 5.56 Å². The van der Waals surface area contributed by atoms with Crippen LogP contribution in [-0.2, 0) is 5.41 Å². The van der Waals surface area contributed by atoms with Crippen LogP contribution in [0.3, 0.4) is 0 Å². The van der Waals surface area contributed by atoms with Crippen LogP contribution in [0, 0.1) is 5.92 Å². The lowest BCUT2D eigenvalue weighted by atomic mass is 9.70. The Bertz CT molecular complexity index is 864. The fourth-order valence-electron chi connectivity index (χ4n) is 4.16. The monoisotopic (exact) mass is 390 g/mol. The first kappa shape index (κ1) is 20.8. The van der Waals surface area contributed by atoms with Crippen LogP contribution in [0.15, 0.2) is 72.8 Å². The van der Waals surface area contributed by atoms with Gasteiger partial charge in [0.15, 0.2) is 0 Å². The zero-order valence-corrected chi connectivity index (χ0v) is 17.3. The van der Waals surface area contributed by atoms with Gasteiger partial charge in [-0.05, 0) is 77.8 Å². The van der Waals surface area contributed by atoms with E-state index in [0.717, 1.165) is 24.0 Å². The SMILES string of the molecule is CC(C)C(CCC(C)(c1ccc(O)cc1)c1ccc(O)cc1)c1ccc(O)cc1. The summed E-state index contributed by atoms with van der Waals surface area (Å²) < 4.78 is 0. The van der Waals surface area contributed by atoms with Crippen molar-refractivity contribution in [3.8, 4) is 17.2 Å². The summed E-state index contributed by atoms with van der Waals surface area (Å²) in [6, 6.07) is 22.4.